The highest BCUT2D eigenvalue weighted by molar-refractivity contribution is 7.92. The Bertz CT molecular complexity index is 654. The van der Waals surface area contributed by atoms with Crippen LogP contribution in [-0.4, -0.2) is 19.7 Å². The minimum absolute atomic E-state index is 0.551. The minimum atomic E-state index is -3.22. The van der Waals surface area contributed by atoms with Crippen LogP contribution in [0, 0.1) is 3.95 Å². The number of fused-ring (bicyclic) bond motifs is 1. The van der Waals surface area contributed by atoms with Gasteiger partial charge in [0.2, 0.25) is 10.0 Å². The van der Waals surface area contributed by atoms with Crippen LogP contribution in [0.3, 0.4) is 0 Å². The van der Waals surface area contributed by atoms with Crippen LogP contribution >= 0.6 is 23.6 Å². The second-order valence-electron chi connectivity index (χ2n) is 3.10. The largest absolute Gasteiger partial charge is 0.337 e. The van der Waals surface area contributed by atoms with Crippen LogP contribution in [0.4, 0.5) is 5.69 Å². The Balaban J connectivity index is 2.51. The lowest BCUT2D eigenvalue weighted by molar-refractivity contribution is 0.607. The molecule has 0 unspecified atom stereocenters. The van der Waals surface area contributed by atoms with E-state index in [9.17, 15) is 8.42 Å². The molecule has 0 atom stereocenters. The van der Waals surface area contributed by atoms with Gasteiger partial charge in [-0.2, -0.15) is 0 Å². The predicted molar refractivity (Wildman–Crippen MR) is 65.5 cm³/mol. The molecule has 0 fully saturated rings. The number of rotatable bonds is 2. The van der Waals surface area contributed by atoms with Crippen molar-refractivity contribution in [3.63, 3.8) is 0 Å². The van der Waals surface area contributed by atoms with Gasteiger partial charge in [-0.1, -0.05) is 0 Å². The fourth-order valence-electron chi connectivity index (χ4n) is 1.22. The van der Waals surface area contributed by atoms with Crippen molar-refractivity contribution in [1.29, 1.82) is 0 Å². The third-order valence-electron chi connectivity index (χ3n) is 1.72. The average Bonchev–Trinajstić information content (AvgIpc) is 2.40. The van der Waals surface area contributed by atoms with Crippen LogP contribution in [0.2, 0.25) is 0 Å². The second-order valence-corrected chi connectivity index (χ2v) is 6.57. The first-order valence-corrected chi connectivity index (χ1v) is 7.16. The number of sulfonamides is 1. The molecule has 0 amide bonds. The van der Waals surface area contributed by atoms with Gasteiger partial charge in [0.25, 0.3) is 0 Å². The molecule has 1 aromatic carbocycles. The van der Waals surface area contributed by atoms with Gasteiger partial charge >= 0.3 is 0 Å². The van der Waals surface area contributed by atoms with E-state index < -0.39 is 10.0 Å². The highest BCUT2D eigenvalue weighted by Crippen LogP contribution is 2.23. The van der Waals surface area contributed by atoms with Crippen molar-refractivity contribution in [2.75, 3.05) is 11.0 Å². The van der Waals surface area contributed by atoms with Gasteiger partial charge in [-0.3, -0.25) is 4.72 Å². The summed E-state index contributed by atoms with van der Waals surface area (Å²) in [6.45, 7) is 0. The van der Waals surface area contributed by atoms with Gasteiger partial charge in [0.05, 0.1) is 22.2 Å². The Morgan fingerprint density at radius 2 is 2.20 bits per heavy atom. The van der Waals surface area contributed by atoms with E-state index in [0.717, 1.165) is 16.5 Å². The van der Waals surface area contributed by atoms with Gasteiger partial charge in [0.1, 0.15) is 0 Å². The molecule has 0 radical (unpaired) electrons. The number of hydrogen-bond donors (Lipinski definition) is 2. The number of anilines is 1. The number of aromatic nitrogens is 1. The Labute approximate surface area is 96.0 Å². The quantitative estimate of drug-likeness (QED) is 0.815. The fraction of sp³-hybridized carbons (Fsp3) is 0.125. The lowest BCUT2D eigenvalue weighted by atomic mass is 10.3. The summed E-state index contributed by atoms with van der Waals surface area (Å²) in [5.74, 6) is 0. The first-order valence-electron chi connectivity index (χ1n) is 4.05. The predicted octanol–water partition coefficient (Wildman–Crippen LogP) is 2.33. The van der Waals surface area contributed by atoms with E-state index >= 15 is 0 Å². The van der Waals surface area contributed by atoms with Crippen molar-refractivity contribution >= 4 is 49.5 Å². The summed E-state index contributed by atoms with van der Waals surface area (Å²) in [6, 6.07) is 5.25. The van der Waals surface area contributed by atoms with E-state index in [2.05, 4.69) is 9.71 Å². The van der Waals surface area contributed by atoms with Crippen molar-refractivity contribution in [2.45, 2.75) is 0 Å². The monoisotopic (exact) mass is 260 g/mol. The molecule has 7 heteroatoms. The van der Waals surface area contributed by atoms with Crippen LogP contribution in [0.1, 0.15) is 0 Å². The zero-order valence-corrected chi connectivity index (χ0v) is 10.2. The lowest BCUT2D eigenvalue weighted by Crippen LogP contribution is -2.09. The standard InChI is InChI=1S/C8H8N2O2S3/c1-15(11,12)10-5-2-3-6-7(4-5)14-8(13)9-6/h2-4,10H,1H3,(H,9,13). The normalized spacial score (nSPS) is 11.8. The zero-order valence-electron chi connectivity index (χ0n) is 7.77. The third-order valence-corrected chi connectivity index (χ3v) is 3.53. The van der Waals surface area contributed by atoms with E-state index in [1.165, 1.54) is 11.3 Å². The first kappa shape index (κ1) is 10.6. The summed E-state index contributed by atoms with van der Waals surface area (Å²) in [4.78, 5) is 3.00. The number of H-pyrrole nitrogens is 1. The van der Waals surface area contributed by atoms with E-state index in [-0.39, 0.29) is 0 Å². The second kappa shape index (κ2) is 3.58. The molecular formula is C8H8N2O2S3. The molecule has 1 aromatic heterocycles. The topological polar surface area (TPSA) is 62.0 Å². The molecule has 0 aliphatic carbocycles. The van der Waals surface area contributed by atoms with E-state index in [0.29, 0.717) is 9.64 Å². The number of thiazole rings is 1. The third kappa shape index (κ3) is 2.55. The SMILES string of the molecule is CS(=O)(=O)Nc1ccc2[nH]c(=S)sc2c1. The maximum atomic E-state index is 11.0. The molecule has 2 rings (SSSR count). The smallest absolute Gasteiger partial charge is 0.229 e. The molecule has 0 saturated carbocycles. The summed E-state index contributed by atoms with van der Waals surface area (Å²) >= 11 is 6.41. The summed E-state index contributed by atoms with van der Waals surface area (Å²) in [6.07, 6.45) is 1.12. The molecular weight excluding hydrogens is 252 g/mol. The van der Waals surface area contributed by atoms with Crippen LogP contribution in [-0.2, 0) is 10.0 Å². The van der Waals surface area contributed by atoms with Crippen LogP contribution in [0.15, 0.2) is 18.2 Å². The van der Waals surface area contributed by atoms with E-state index in [1.54, 1.807) is 18.2 Å². The molecule has 0 aliphatic rings. The zero-order chi connectivity index (χ0) is 11.1. The Morgan fingerprint density at radius 1 is 1.47 bits per heavy atom. The van der Waals surface area contributed by atoms with Gasteiger partial charge in [0, 0.05) is 0 Å². The van der Waals surface area contributed by atoms with Crippen LogP contribution in [0.25, 0.3) is 10.2 Å². The summed E-state index contributed by atoms with van der Waals surface area (Å²) < 4.78 is 26.0. The van der Waals surface area contributed by atoms with Gasteiger partial charge in [-0.05, 0) is 30.4 Å². The number of nitrogens with one attached hydrogen (secondary N) is 2. The molecule has 1 heterocycles. The molecule has 15 heavy (non-hydrogen) atoms. The molecule has 0 bridgehead atoms. The molecule has 80 valence electrons. The molecule has 2 aromatic rings. The highest BCUT2D eigenvalue weighted by Gasteiger charge is 2.03. The summed E-state index contributed by atoms with van der Waals surface area (Å²) in [5.41, 5.74) is 1.47. The number of aromatic amines is 1. The number of benzene rings is 1. The van der Waals surface area contributed by atoms with E-state index in [1.807, 2.05) is 0 Å². The van der Waals surface area contributed by atoms with Crippen molar-refractivity contribution in [3.8, 4) is 0 Å². The Hall–Kier alpha value is -0.920. The molecule has 0 saturated heterocycles. The molecule has 0 aliphatic heterocycles. The fourth-order valence-corrected chi connectivity index (χ4v) is 2.93. The minimum Gasteiger partial charge on any atom is -0.337 e. The molecule has 4 nitrogen and oxygen atoms in total. The summed E-state index contributed by atoms with van der Waals surface area (Å²) in [5, 5.41) is 0. The van der Waals surface area contributed by atoms with Crippen LogP contribution in [0.5, 0.6) is 0 Å². The Kier molecular flexibility index (Phi) is 2.53. The van der Waals surface area contributed by atoms with Crippen molar-refractivity contribution in [3.05, 3.63) is 22.2 Å². The number of hydrogen-bond acceptors (Lipinski definition) is 4. The Morgan fingerprint density at radius 3 is 2.87 bits per heavy atom. The van der Waals surface area contributed by atoms with Crippen molar-refractivity contribution in [2.24, 2.45) is 0 Å². The average molecular weight is 260 g/mol. The van der Waals surface area contributed by atoms with Crippen LogP contribution < -0.4 is 4.72 Å². The lowest BCUT2D eigenvalue weighted by Gasteiger charge is -2.02. The molecule has 0 spiro atoms. The highest BCUT2D eigenvalue weighted by atomic mass is 32.2. The molecule has 2 N–H and O–H groups in total. The van der Waals surface area contributed by atoms with Gasteiger partial charge in [0.15, 0.2) is 3.95 Å². The van der Waals surface area contributed by atoms with Crippen molar-refractivity contribution < 1.29 is 8.42 Å². The van der Waals surface area contributed by atoms with Gasteiger partial charge < -0.3 is 4.98 Å². The van der Waals surface area contributed by atoms with Gasteiger partial charge in [-0.25, -0.2) is 8.42 Å². The van der Waals surface area contributed by atoms with Gasteiger partial charge in [-0.15, -0.1) is 11.3 Å². The first-order chi connectivity index (χ1) is 6.94. The van der Waals surface area contributed by atoms with E-state index in [4.69, 9.17) is 12.2 Å². The maximum Gasteiger partial charge on any atom is 0.229 e. The maximum absolute atomic E-state index is 11.0. The summed E-state index contributed by atoms with van der Waals surface area (Å²) in [7, 11) is -3.22. The van der Waals surface area contributed by atoms with Crippen molar-refractivity contribution in [1.82, 2.24) is 4.98 Å².